The number of aryl methyl sites for hydroxylation is 1. The summed E-state index contributed by atoms with van der Waals surface area (Å²) in [5.41, 5.74) is 1.93. The van der Waals surface area contributed by atoms with Crippen molar-refractivity contribution in [1.82, 2.24) is 10.6 Å². The third-order valence-electron chi connectivity index (χ3n) is 4.54. The molecule has 1 aromatic rings. The number of benzene rings is 1. The van der Waals surface area contributed by atoms with Gasteiger partial charge < -0.3 is 10.6 Å². The fraction of sp³-hybridized carbons (Fsp3) is 0.600. The Balaban J connectivity index is 1.61. The van der Waals surface area contributed by atoms with Gasteiger partial charge in [0, 0.05) is 36.3 Å². The summed E-state index contributed by atoms with van der Waals surface area (Å²) in [4.78, 5) is 10.6. The lowest BCUT2D eigenvalue weighted by Crippen LogP contribution is -2.46. The molecule has 5 nitrogen and oxygen atoms in total. The van der Waals surface area contributed by atoms with Gasteiger partial charge in [0.15, 0.2) is 0 Å². The number of hydrogen-bond acceptors (Lipinski definition) is 4. The Labute approximate surface area is 118 Å². The molecule has 2 heterocycles. The molecule has 2 aliphatic rings. The summed E-state index contributed by atoms with van der Waals surface area (Å²) in [5, 5.41) is 18.1. The number of nitrogens with zero attached hydrogens (tertiary/aromatic N) is 1. The second kappa shape index (κ2) is 5.50. The van der Waals surface area contributed by atoms with Crippen LogP contribution in [0.15, 0.2) is 18.2 Å². The number of nitrogens with one attached hydrogen (secondary N) is 2. The molecule has 20 heavy (non-hydrogen) atoms. The molecular formula is C15H21N3O2. The first kappa shape index (κ1) is 13.5. The summed E-state index contributed by atoms with van der Waals surface area (Å²) in [5.74, 6) is 0. The van der Waals surface area contributed by atoms with Crippen LogP contribution in [0.4, 0.5) is 5.69 Å². The predicted octanol–water partition coefficient (Wildman–Crippen LogP) is 2.28. The van der Waals surface area contributed by atoms with Crippen LogP contribution < -0.4 is 10.6 Å². The van der Waals surface area contributed by atoms with Gasteiger partial charge in [0.1, 0.15) is 0 Å². The molecule has 0 aromatic heterocycles. The minimum Gasteiger partial charge on any atom is -0.311 e. The highest BCUT2D eigenvalue weighted by Crippen LogP contribution is 2.27. The summed E-state index contributed by atoms with van der Waals surface area (Å²) in [6.07, 6.45) is 4.92. The molecule has 0 spiro atoms. The van der Waals surface area contributed by atoms with Crippen LogP contribution in [0.2, 0.25) is 0 Å². The minimum atomic E-state index is -0.302. The highest BCUT2D eigenvalue weighted by Gasteiger charge is 2.32. The summed E-state index contributed by atoms with van der Waals surface area (Å²) in [6, 6.07) is 7.37. The Kier molecular flexibility index (Phi) is 3.72. The normalized spacial score (nSPS) is 28.6. The van der Waals surface area contributed by atoms with Crippen molar-refractivity contribution in [3.05, 3.63) is 39.4 Å². The van der Waals surface area contributed by atoms with Crippen molar-refractivity contribution in [3.8, 4) is 0 Å². The smallest absolute Gasteiger partial charge is 0.272 e. The van der Waals surface area contributed by atoms with Crippen LogP contribution >= 0.6 is 0 Å². The molecule has 0 saturated carbocycles. The van der Waals surface area contributed by atoms with Crippen molar-refractivity contribution in [2.45, 2.75) is 57.3 Å². The maximum absolute atomic E-state index is 11.0. The fourth-order valence-electron chi connectivity index (χ4n) is 3.45. The number of nitro benzene ring substituents is 1. The van der Waals surface area contributed by atoms with Crippen molar-refractivity contribution < 1.29 is 4.92 Å². The van der Waals surface area contributed by atoms with Gasteiger partial charge in [0.2, 0.25) is 0 Å². The molecule has 108 valence electrons. The molecule has 0 radical (unpaired) electrons. The second-order valence-electron chi connectivity index (χ2n) is 6.07. The lowest BCUT2D eigenvalue weighted by atomic mass is 9.99. The van der Waals surface area contributed by atoms with Crippen molar-refractivity contribution in [1.29, 1.82) is 0 Å². The largest absolute Gasteiger partial charge is 0.311 e. The first-order valence-electron chi connectivity index (χ1n) is 7.35. The molecule has 2 unspecified atom stereocenters. The summed E-state index contributed by atoms with van der Waals surface area (Å²) >= 11 is 0. The van der Waals surface area contributed by atoms with E-state index < -0.39 is 0 Å². The summed E-state index contributed by atoms with van der Waals surface area (Å²) in [6.45, 7) is 2.49. The molecule has 2 bridgehead atoms. The van der Waals surface area contributed by atoms with E-state index in [9.17, 15) is 10.1 Å². The maximum Gasteiger partial charge on any atom is 0.272 e. The van der Waals surface area contributed by atoms with Crippen LogP contribution in [-0.4, -0.2) is 23.0 Å². The monoisotopic (exact) mass is 275 g/mol. The average Bonchev–Trinajstić information content (AvgIpc) is 2.76. The molecule has 2 saturated heterocycles. The molecule has 1 aromatic carbocycles. The standard InChI is InChI=1S/C15H21N3O2/c1-10-2-3-11(6-15(10)18(19)20)9-16-14-7-12-4-5-13(8-14)17-12/h2-3,6,12-14,16-17H,4-5,7-9H2,1H3. The van der Waals surface area contributed by atoms with E-state index >= 15 is 0 Å². The van der Waals surface area contributed by atoms with Gasteiger partial charge in [0.25, 0.3) is 5.69 Å². The third-order valence-corrected chi connectivity index (χ3v) is 4.54. The lowest BCUT2D eigenvalue weighted by Gasteiger charge is -2.29. The molecule has 2 atom stereocenters. The van der Waals surface area contributed by atoms with Crippen LogP contribution in [0.25, 0.3) is 0 Å². The Bertz CT molecular complexity index is 506. The number of fused-ring (bicyclic) bond motifs is 2. The molecule has 2 fully saturated rings. The zero-order valence-electron chi connectivity index (χ0n) is 11.8. The Morgan fingerprint density at radius 3 is 2.70 bits per heavy atom. The Hall–Kier alpha value is -1.46. The highest BCUT2D eigenvalue weighted by molar-refractivity contribution is 5.42. The zero-order valence-corrected chi connectivity index (χ0v) is 11.8. The van der Waals surface area contributed by atoms with Crippen molar-refractivity contribution in [3.63, 3.8) is 0 Å². The van der Waals surface area contributed by atoms with Gasteiger partial charge in [-0.1, -0.05) is 12.1 Å². The van der Waals surface area contributed by atoms with E-state index in [0.717, 1.165) is 11.1 Å². The van der Waals surface area contributed by atoms with Crippen LogP contribution in [-0.2, 0) is 6.54 Å². The second-order valence-corrected chi connectivity index (χ2v) is 6.07. The lowest BCUT2D eigenvalue weighted by molar-refractivity contribution is -0.385. The van der Waals surface area contributed by atoms with E-state index in [0.29, 0.717) is 24.7 Å². The Morgan fingerprint density at radius 2 is 2.05 bits per heavy atom. The van der Waals surface area contributed by atoms with Gasteiger partial charge in [0.05, 0.1) is 4.92 Å². The molecule has 0 aliphatic carbocycles. The van der Waals surface area contributed by atoms with Crippen LogP contribution in [0.1, 0.15) is 36.8 Å². The minimum absolute atomic E-state index is 0.217. The van der Waals surface area contributed by atoms with Gasteiger partial charge in [-0.3, -0.25) is 10.1 Å². The number of nitro groups is 1. The van der Waals surface area contributed by atoms with Crippen LogP contribution in [0.5, 0.6) is 0 Å². The van der Waals surface area contributed by atoms with Crippen LogP contribution in [0.3, 0.4) is 0 Å². The first-order chi connectivity index (χ1) is 9.61. The van der Waals surface area contributed by atoms with E-state index in [1.807, 2.05) is 12.1 Å². The fourth-order valence-corrected chi connectivity index (χ4v) is 3.45. The van der Waals surface area contributed by atoms with E-state index in [1.54, 1.807) is 13.0 Å². The van der Waals surface area contributed by atoms with Gasteiger partial charge in [-0.2, -0.15) is 0 Å². The van der Waals surface area contributed by atoms with Crippen molar-refractivity contribution in [2.75, 3.05) is 0 Å². The van der Waals surface area contributed by atoms with E-state index in [1.165, 1.54) is 25.7 Å². The van der Waals surface area contributed by atoms with Gasteiger partial charge in [-0.05, 0) is 38.2 Å². The first-order valence-corrected chi connectivity index (χ1v) is 7.35. The third kappa shape index (κ3) is 2.83. The SMILES string of the molecule is Cc1ccc(CNC2CC3CCC(C2)N3)cc1[N+](=O)[O-]. The number of rotatable bonds is 4. The predicted molar refractivity (Wildman–Crippen MR) is 77.6 cm³/mol. The Morgan fingerprint density at radius 1 is 1.35 bits per heavy atom. The molecule has 2 aliphatic heterocycles. The average molecular weight is 275 g/mol. The maximum atomic E-state index is 11.0. The van der Waals surface area contributed by atoms with Gasteiger partial charge in [-0.25, -0.2) is 0 Å². The molecule has 3 rings (SSSR count). The van der Waals surface area contributed by atoms with Crippen LogP contribution in [0, 0.1) is 17.0 Å². The molecule has 2 N–H and O–H groups in total. The quantitative estimate of drug-likeness (QED) is 0.653. The van der Waals surface area contributed by atoms with E-state index in [-0.39, 0.29) is 10.6 Å². The van der Waals surface area contributed by atoms with Gasteiger partial charge >= 0.3 is 0 Å². The molecule has 0 amide bonds. The van der Waals surface area contributed by atoms with E-state index in [4.69, 9.17) is 0 Å². The molecular weight excluding hydrogens is 254 g/mol. The van der Waals surface area contributed by atoms with E-state index in [2.05, 4.69) is 10.6 Å². The topological polar surface area (TPSA) is 67.2 Å². The highest BCUT2D eigenvalue weighted by atomic mass is 16.6. The number of hydrogen-bond donors (Lipinski definition) is 2. The summed E-state index contributed by atoms with van der Waals surface area (Å²) in [7, 11) is 0. The summed E-state index contributed by atoms with van der Waals surface area (Å²) < 4.78 is 0. The van der Waals surface area contributed by atoms with Gasteiger partial charge in [-0.15, -0.1) is 0 Å². The number of piperidine rings is 1. The van der Waals surface area contributed by atoms with Crippen molar-refractivity contribution in [2.24, 2.45) is 0 Å². The van der Waals surface area contributed by atoms with Crippen molar-refractivity contribution >= 4 is 5.69 Å². The zero-order chi connectivity index (χ0) is 14.1. The molecule has 5 heteroatoms.